The Morgan fingerprint density at radius 2 is 1.92 bits per heavy atom. The highest BCUT2D eigenvalue weighted by Crippen LogP contribution is 2.32. The maximum Gasteiger partial charge on any atom is 0.322 e. The maximum absolute atomic E-state index is 12.7. The van der Waals surface area contributed by atoms with Crippen LogP contribution in [0.1, 0.15) is 37.9 Å². The molecule has 0 amide bonds. The van der Waals surface area contributed by atoms with Crippen LogP contribution >= 0.6 is 0 Å². The van der Waals surface area contributed by atoms with Crippen molar-refractivity contribution in [1.82, 2.24) is 9.29 Å². The SMILES string of the molecule is CC(C)C(NS(=O)(=O)c1ccc2c3c(n(C)c2c1)CCCC3)C(=O)O. The first-order chi connectivity index (χ1) is 11.7. The number of nitrogens with one attached hydrogen (secondary N) is 1. The first-order valence-electron chi connectivity index (χ1n) is 8.57. The number of nitrogens with zero attached hydrogens (tertiary/aromatic N) is 1. The van der Waals surface area contributed by atoms with Gasteiger partial charge in [-0.15, -0.1) is 0 Å². The zero-order chi connectivity index (χ0) is 18.4. The van der Waals surface area contributed by atoms with E-state index >= 15 is 0 Å². The number of carboxylic acid groups (broad SMARTS) is 1. The minimum absolute atomic E-state index is 0.102. The number of hydrogen-bond acceptors (Lipinski definition) is 3. The van der Waals surface area contributed by atoms with Crippen LogP contribution in [-0.2, 0) is 34.7 Å². The van der Waals surface area contributed by atoms with Crippen molar-refractivity contribution in [3.05, 3.63) is 29.5 Å². The molecule has 1 aliphatic rings. The van der Waals surface area contributed by atoms with Crippen molar-refractivity contribution in [2.24, 2.45) is 13.0 Å². The molecular weight excluding hydrogens is 340 g/mol. The van der Waals surface area contributed by atoms with Crippen LogP contribution in [0.4, 0.5) is 0 Å². The lowest BCUT2D eigenvalue weighted by Crippen LogP contribution is -2.44. The Kier molecular flexibility index (Phi) is 4.64. The average Bonchev–Trinajstić information content (AvgIpc) is 2.85. The minimum Gasteiger partial charge on any atom is -0.480 e. The number of benzene rings is 1. The number of carboxylic acids is 1. The summed E-state index contributed by atoms with van der Waals surface area (Å²) in [6.45, 7) is 3.35. The van der Waals surface area contributed by atoms with Gasteiger partial charge >= 0.3 is 5.97 Å². The van der Waals surface area contributed by atoms with Crippen LogP contribution in [0.15, 0.2) is 23.1 Å². The van der Waals surface area contributed by atoms with E-state index in [-0.39, 0.29) is 10.8 Å². The second-order valence-corrected chi connectivity index (χ2v) is 8.77. The van der Waals surface area contributed by atoms with Gasteiger partial charge in [-0.1, -0.05) is 19.9 Å². The molecular formula is C18H24N2O4S. The highest BCUT2D eigenvalue weighted by molar-refractivity contribution is 7.89. The van der Waals surface area contributed by atoms with Crippen LogP contribution < -0.4 is 4.72 Å². The number of rotatable bonds is 5. The van der Waals surface area contributed by atoms with Crippen LogP contribution in [0.2, 0.25) is 0 Å². The Bertz CT molecular complexity index is 928. The van der Waals surface area contributed by atoms with Crippen LogP contribution in [0.5, 0.6) is 0 Å². The maximum atomic E-state index is 12.7. The molecule has 6 nitrogen and oxygen atoms in total. The van der Waals surface area contributed by atoms with Gasteiger partial charge < -0.3 is 9.67 Å². The predicted molar refractivity (Wildman–Crippen MR) is 96.1 cm³/mol. The average molecular weight is 364 g/mol. The molecule has 1 heterocycles. The molecule has 1 aliphatic carbocycles. The predicted octanol–water partition coefficient (Wildman–Crippen LogP) is 2.44. The normalized spacial score (nSPS) is 16.2. The van der Waals surface area contributed by atoms with Gasteiger partial charge in [0, 0.05) is 23.6 Å². The third-order valence-corrected chi connectivity index (χ3v) is 6.46. The quantitative estimate of drug-likeness (QED) is 0.853. The number of aromatic nitrogens is 1. The van der Waals surface area contributed by atoms with Gasteiger partial charge in [0.2, 0.25) is 10.0 Å². The van der Waals surface area contributed by atoms with Crippen molar-refractivity contribution in [3.63, 3.8) is 0 Å². The number of hydrogen-bond donors (Lipinski definition) is 2. The summed E-state index contributed by atoms with van der Waals surface area (Å²) in [5.74, 6) is -1.52. The van der Waals surface area contributed by atoms with E-state index in [9.17, 15) is 18.3 Å². The first-order valence-corrected chi connectivity index (χ1v) is 10.1. The van der Waals surface area contributed by atoms with E-state index in [1.165, 1.54) is 11.3 Å². The van der Waals surface area contributed by atoms with Gasteiger partial charge in [0.05, 0.1) is 4.90 Å². The molecule has 25 heavy (non-hydrogen) atoms. The Hall–Kier alpha value is -1.86. The van der Waals surface area contributed by atoms with Crippen molar-refractivity contribution >= 4 is 26.9 Å². The molecule has 3 rings (SSSR count). The smallest absolute Gasteiger partial charge is 0.322 e. The molecule has 7 heteroatoms. The molecule has 1 aromatic carbocycles. The molecule has 2 aromatic rings. The molecule has 1 aromatic heterocycles. The van der Waals surface area contributed by atoms with Crippen molar-refractivity contribution in [2.75, 3.05) is 0 Å². The first kappa shape index (κ1) is 17.9. The number of sulfonamides is 1. The van der Waals surface area contributed by atoms with Crippen LogP contribution in [0.3, 0.4) is 0 Å². The zero-order valence-corrected chi connectivity index (χ0v) is 15.6. The van der Waals surface area contributed by atoms with Crippen molar-refractivity contribution in [1.29, 1.82) is 0 Å². The summed E-state index contributed by atoms with van der Waals surface area (Å²) in [7, 11) is -1.94. The molecule has 0 bridgehead atoms. The number of aliphatic carboxylic acids is 1. The monoisotopic (exact) mass is 364 g/mol. The minimum atomic E-state index is -3.90. The molecule has 0 saturated carbocycles. The number of fused-ring (bicyclic) bond motifs is 3. The van der Waals surface area contributed by atoms with E-state index in [1.807, 2.05) is 13.1 Å². The summed E-state index contributed by atoms with van der Waals surface area (Å²) in [6.07, 6.45) is 4.34. The Balaban J connectivity index is 2.04. The topological polar surface area (TPSA) is 88.4 Å². The molecule has 2 N–H and O–H groups in total. The molecule has 0 saturated heterocycles. The van der Waals surface area contributed by atoms with Crippen molar-refractivity contribution in [3.8, 4) is 0 Å². The van der Waals surface area contributed by atoms with Gasteiger partial charge in [-0.2, -0.15) is 4.72 Å². The molecule has 1 atom stereocenters. The van der Waals surface area contributed by atoms with Crippen LogP contribution in [0, 0.1) is 5.92 Å². The van der Waals surface area contributed by atoms with Gasteiger partial charge in [-0.25, -0.2) is 8.42 Å². The zero-order valence-electron chi connectivity index (χ0n) is 14.7. The van der Waals surface area contributed by atoms with E-state index in [2.05, 4.69) is 9.29 Å². The van der Waals surface area contributed by atoms with Crippen LogP contribution in [-0.4, -0.2) is 30.1 Å². The Morgan fingerprint density at radius 3 is 2.56 bits per heavy atom. The van der Waals surface area contributed by atoms with Gasteiger partial charge in [0.1, 0.15) is 6.04 Å². The molecule has 0 radical (unpaired) electrons. The molecule has 1 unspecified atom stereocenters. The molecule has 0 aliphatic heterocycles. The third-order valence-electron chi connectivity index (χ3n) is 5.02. The summed E-state index contributed by atoms with van der Waals surface area (Å²) in [4.78, 5) is 11.4. The lowest BCUT2D eigenvalue weighted by molar-refractivity contribution is -0.140. The lowest BCUT2D eigenvalue weighted by Gasteiger charge is -2.18. The largest absolute Gasteiger partial charge is 0.480 e. The van der Waals surface area contributed by atoms with E-state index in [0.717, 1.165) is 36.6 Å². The second kappa shape index (κ2) is 6.46. The summed E-state index contributed by atoms with van der Waals surface area (Å²) < 4.78 is 29.7. The summed E-state index contributed by atoms with van der Waals surface area (Å²) in [6, 6.07) is 3.91. The van der Waals surface area contributed by atoms with Gasteiger partial charge in [-0.05, 0) is 49.3 Å². The fraction of sp³-hybridized carbons (Fsp3) is 0.500. The summed E-state index contributed by atoms with van der Waals surface area (Å²) >= 11 is 0. The molecule has 0 spiro atoms. The standard InChI is InChI=1S/C18H24N2O4S/c1-11(2)17(18(21)22)19-25(23,24)12-8-9-14-13-6-4-5-7-15(13)20(3)16(14)10-12/h8-11,17,19H,4-7H2,1-3H3,(H,21,22). The highest BCUT2D eigenvalue weighted by atomic mass is 32.2. The van der Waals surface area contributed by atoms with Crippen molar-refractivity contribution in [2.45, 2.75) is 50.5 Å². The molecule has 136 valence electrons. The molecule has 0 fully saturated rings. The van der Waals surface area contributed by atoms with Gasteiger partial charge in [0.15, 0.2) is 0 Å². The summed E-state index contributed by atoms with van der Waals surface area (Å²) in [5.41, 5.74) is 3.46. The lowest BCUT2D eigenvalue weighted by atomic mass is 9.96. The van der Waals surface area contributed by atoms with E-state index in [1.54, 1.807) is 26.0 Å². The van der Waals surface area contributed by atoms with Gasteiger partial charge in [0.25, 0.3) is 0 Å². The van der Waals surface area contributed by atoms with E-state index in [4.69, 9.17) is 0 Å². The fourth-order valence-corrected chi connectivity index (χ4v) is 4.97. The van der Waals surface area contributed by atoms with Crippen LogP contribution in [0.25, 0.3) is 10.9 Å². The highest BCUT2D eigenvalue weighted by Gasteiger charge is 2.28. The van der Waals surface area contributed by atoms with Crippen molar-refractivity contribution < 1.29 is 18.3 Å². The third kappa shape index (κ3) is 3.18. The number of carbonyl (C=O) groups is 1. The second-order valence-electron chi connectivity index (χ2n) is 7.05. The van der Waals surface area contributed by atoms with E-state index < -0.39 is 22.0 Å². The fourth-order valence-electron chi connectivity index (χ4n) is 3.61. The van der Waals surface area contributed by atoms with Gasteiger partial charge in [-0.3, -0.25) is 4.79 Å². The number of aryl methyl sites for hydroxylation is 2. The Morgan fingerprint density at radius 1 is 1.24 bits per heavy atom. The summed E-state index contributed by atoms with van der Waals surface area (Å²) in [5, 5.41) is 10.3. The van der Waals surface area contributed by atoms with E-state index in [0.29, 0.717) is 0 Å². The Labute approximate surface area is 147 Å².